The smallest absolute Gasteiger partial charge is 0.285 e. The number of aromatic amines is 1. The Bertz CT molecular complexity index is 707. The largest absolute Gasteiger partial charge is 0.382 e. The van der Waals surface area contributed by atoms with Crippen LogP contribution in [-0.4, -0.2) is 29.3 Å². The van der Waals surface area contributed by atoms with Gasteiger partial charge in [0.2, 0.25) is 0 Å². The molecule has 1 saturated heterocycles. The monoisotopic (exact) mass is 318 g/mol. The van der Waals surface area contributed by atoms with Gasteiger partial charge in [-0.3, -0.25) is 4.79 Å². The van der Waals surface area contributed by atoms with Crippen molar-refractivity contribution in [2.45, 2.75) is 25.8 Å². The summed E-state index contributed by atoms with van der Waals surface area (Å²) in [6, 6.07) is 8.84. The summed E-state index contributed by atoms with van der Waals surface area (Å²) in [6.07, 6.45) is 3.62. The van der Waals surface area contributed by atoms with Crippen molar-refractivity contribution < 1.29 is 0 Å². The second-order valence-corrected chi connectivity index (χ2v) is 6.05. The number of piperidine rings is 1. The molecule has 6 heteroatoms. The van der Waals surface area contributed by atoms with Crippen molar-refractivity contribution in [1.82, 2.24) is 10.2 Å². The Morgan fingerprint density at radius 1 is 1.36 bits per heavy atom. The highest BCUT2D eigenvalue weighted by Gasteiger charge is 2.21. The van der Waals surface area contributed by atoms with Gasteiger partial charge < -0.3 is 10.2 Å². The fourth-order valence-corrected chi connectivity index (χ4v) is 3.04. The van der Waals surface area contributed by atoms with Crippen molar-refractivity contribution in [3.63, 3.8) is 0 Å². The van der Waals surface area contributed by atoms with Gasteiger partial charge in [-0.25, -0.2) is 5.10 Å². The first-order valence-electron chi connectivity index (χ1n) is 7.45. The van der Waals surface area contributed by atoms with Gasteiger partial charge in [-0.2, -0.15) is 5.10 Å². The minimum atomic E-state index is -0.334. The minimum Gasteiger partial charge on any atom is -0.382 e. The van der Waals surface area contributed by atoms with Crippen LogP contribution in [0.4, 0.5) is 11.4 Å². The van der Waals surface area contributed by atoms with Crippen LogP contribution in [0, 0.1) is 6.92 Å². The highest BCUT2D eigenvalue weighted by Crippen LogP contribution is 2.25. The highest BCUT2D eigenvalue weighted by molar-refractivity contribution is 6.32. The molecule has 0 aliphatic carbocycles. The first kappa shape index (κ1) is 14.9. The van der Waals surface area contributed by atoms with Gasteiger partial charge in [0, 0.05) is 24.8 Å². The number of hydrogen-bond acceptors (Lipinski definition) is 4. The molecule has 0 unspecified atom stereocenters. The number of anilines is 2. The van der Waals surface area contributed by atoms with Gasteiger partial charge in [-0.15, -0.1) is 0 Å². The van der Waals surface area contributed by atoms with E-state index < -0.39 is 0 Å². The van der Waals surface area contributed by atoms with E-state index in [4.69, 9.17) is 11.6 Å². The van der Waals surface area contributed by atoms with E-state index in [2.05, 4.69) is 51.6 Å². The first-order valence-corrected chi connectivity index (χ1v) is 7.82. The quantitative estimate of drug-likeness (QED) is 0.913. The Labute approximate surface area is 134 Å². The van der Waals surface area contributed by atoms with Crippen LogP contribution in [-0.2, 0) is 0 Å². The Kier molecular flexibility index (Phi) is 4.34. The van der Waals surface area contributed by atoms with E-state index >= 15 is 0 Å². The van der Waals surface area contributed by atoms with Crippen molar-refractivity contribution in [3.05, 3.63) is 51.4 Å². The molecule has 0 amide bonds. The molecule has 1 fully saturated rings. The fourth-order valence-electron chi connectivity index (χ4n) is 2.83. The lowest BCUT2D eigenvalue weighted by Gasteiger charge is -2.34. The summed E-state index contributed by atoms with van der Waals surface area (Å²) in [5.74, 6) is 0. The number of H-pyrrole nitrogens is 1. The summed E-state index contributed by atoms with van der Waals surface area (Å²) in [5, 5.41) is 9.99. The zero-order valence-corrected chi connectivity index (χ0v) is 13.2. The van der Waals surface area contributed by atoms with Crippen molar-refractivity contribution in [2.75, 3.05) is 23.3 Å². The van der Waals surface area contributed by atoms with Crippen LogP contribution in [0.5, 0.6) is 0 Å². The number of nitrogens with one attached hydrogen (secondary N) is 2. The normalized spacial score (nSPS) is 15.8. The molecule has 1 aromatic carbocycles. The number of aromatic nitrogens is 2. The van der Waals surface area contributed by atoms with Crippen LogP contribution in [0.25, 0.3) is 0 Å². The van der Waals surface area contributed by atoms with E-state index in [1.54, 1.807) is 6.20 Å². The molecule has 1 aliphatic heterocycles. The molecule has 3 rings (SSSR count). The summed E-state index contributed by atoms with van der Waals surface area (Å²) in [5.41, 5.74) is 2.80. The number of nitrogens with zero attached hydrogens (tertiary/aromatic N) is 2. The predicted molar refractivity (Wildman–Crippen MR) is 89.9 cm³/mol. The van der Waals surface area contributed by atoms with E-state index in [0.717, 1.165) is 37.3 Å². The first-order chi connectivity index (χ1) is 10.6. The van der Waals surface area contributed by atoms with E-state index in [9.17, 15) is 4.79 Å². The molecular formula is C16H19ClN4O. The van der Waals surface area contributed by atoms with Gasteiger partial charge >= 0.3 is 0 Å². The topological polar surface area (TPSA) is 61.0 Å². The SMILES string of the molecule is Cc1cccc(NC2CCN(c3cn[nH]c(=O)c3Cl)CC2)c1. The molecule has 22 heavy (non-hydrogen) atoms. The average molecular weight is 319 g/mol. The van der Waals surface area contributed by atoms with Gasteiger partial charge in [0.25, 0.3) is 5.56 Å². The van der Waals surface area contributed by atoms with Gasteiger partial charge in [0.05, 0.1) is 11.9 Å². The number of benzene rings is 1. The summed E-state index contributed by atoms with van der Waals surface area (Å²) in [7, 11) is 0. The maximum Gasteiger partial charge on any atom is 0.285 e. The third kappa shape index (κ3) is 3.25. The molecule has 5 nitrogen and oxygen atoms in total. The van der Waals surface area contributed by atoms with Crippen LogP contribution in [0.1, 0.15) is 18.4 Å². The molecule has 0 atom stereocenters. The van der Waals surface area contributed by atoms with Gasteiger partial charge in [0.1, 0.15) is 5.02 Å². The third-order valence-corrected chi connectivity index (χ3v) is 4.37. The zero-order valence-electron chi connectivity index (χ0n) is 12.5. The lowest BCUT2D eigenvalue weighted by Crippen LogP contribution is -2.39. The van der Waals surface area contributed by atoms with Crippen LogP contribution < -0.4 is 15.8 Å². The molecule has 0 radical (unpaired) electrons. The zero-order chi connectivity index (χ0) is 15.5. The number of halogens is 1. The second-order valence-electron chi connectivity index (χ2n) is 5.67. The van der Waals surface area contributed by atoms with Crippen LogP contribution in [0.3, 0.4) is 0 Å². The van der Waals surface area contributed by atoms with Crippen molar-refractivity contribution >= 4 is 23.0 Å². The number of rotatable bonds is 3. The molecule has 2 heterocycles. The van der Waals surface area contributed by atoms with Gasteiger partial charge in [-0.1, -0.05) is 23.7 Å². The van der Waals surface area contributed by atoms with E-state index in [1.165, 1.54) is 5.56 Å². The molecule has 0 saturated carbocycles. The molecule has 116 valence electrons. The van der Waals surface area contributed by atoms with E-state index in [1.807, 2.05) is 0 Å². The average Bonchev–Trinajstić information content (AvgIpc) is 2.51. The molecular weight excluding hydrogens is 300 g/mol. The summed E-state index contributed by atoms with van der Waals surface area (Å²) in [6.45, 7) is 3.80. The fraction of sp³-hybridized carbons (Fsp3) is 0.375. The van der Waals surface area contributed by atoms with Crippen LogP contribution in [0.2, 0.25) is 5.02 Å². The Morgan fingerprint density at radius 3 is 2.86 bits per heavy atom. The standard InChI is InChI=1S/C16H19ClN4O/c1-11-3-2-4-13(9-11)19-12-5-7-21(8-6-12)14-10-18-20-16(22)15(14)17/h2-4,9-10,12,19H,5-8H2,1H3,(H,20,22). The maximum absolute atomic E-state index is 11.5. The number of hydrogen-bond donors (Lipinski definition) is 2. The molecule has 1 aliphatic rings. The van der Waals surface area contributed by atoms with E-state index in [-0.39, 0.29) is 10.6 Å². The van der Waals surface area contributed by atoms with E-state index in [0.29, 0.717) is 6.04 Å². The molecule has 2 aromatic rings. The maximum atomic E-state index is 11.5. The second kappa shape index (κ2) is 6.40. The Balaban J connectivity index is 1.63. The Morgan fingerprint density at radius 2 is 2.14 bits per heavy atom. The summed E-state index contributed by atoms with van der Waals surface area (Å²) < 4.78 is 0. The highest BCUT2D eigenvalue weighted by atomic mass is 35.5. The van der Waals surface area contributed by atoms with Gasteiger partial charge in [0.15, 0.2) is 0 Å². The van der Waals surface area contributed by atoms with Crippen molar-refractivity contribution in [3.8, 4) is 0 Å². The van der Waals surface area contributed by atoms with Crippen molar-refractivity contribution in [1.29, 1.82) is 0 Å². The van der Waals surface area contributed by atoms with Crippen molar-refractivity contribution in [2.24, 2.45) is 0 Å². The molecule has 0 spiro atoms. The molecule has 2 N–H and O–H groups in total. The Hall–Kier alpha value is -2.01. The predicted octanol–water partition coefficient (Wildman–Crippen LogP) is 2.81. The molecule has 1 aromatic heterocycles. The van der Waals surface area contributed by atoms with Crippen LogP contribution >= 0.6 is 11.6 Å². The molecule has 0 bridgehead atoms. The van der Waals surface area contributed by atoms with Gasteiger partial charge in [-0.05, 0) is 37.5 Å². The number of aryl methyl sites for hydroxylation is 1. The summed E-state index contributed by atoms with van der Waals surface area (Å²) in [4.78, 5) is 13.7. The summed E-state index contributed by atoms with van der Waals surface area (Å²) >= 11 is 6.07. The third-order valence-electron chi connectivity index (χ3n) is 4.00. The lowest BCUT2D eigenvalue weighted by atomic mass is 10.0. The van der Waals surface area contributed by atoms with Crippen LogP contribution in [0.15, 0.2) is 35.3 Å². The lowest BCUT2D eigenvalue weighted by molar-refractivity contribution is 0.526. The minimum absolute atomic E-state index is 0.222.